The summed E-state index contributed by atoms with van der Waals surface area (Å²) in [5, 5.41) is 8.14. The van der Waals surface area contributed by atoms with Crippen LogP contribution < -0.4 is 15.2 Å². The van der Waals surface area contributed by atoms with Gasteiger partial charge in [0.1, 0.15) is 22.6 Å². The minimum Gasteiger partial charge on any atom is -0.485 e. The van der Waals surface area contributed by atoms with E-state index in [1.54, 1.807) is 23.2 Å². The molecular formula is C21H23ClFN5O3. The SMILES string of the molecule is CCCn1ncc(N2C[C@H](Oc3ccnc(-c4c(C)noc4C)c3)[C@@H](F)C2)c(Cl)c1=O. The van der Waals surface area contributed by atoms with Crippen LogP contribution in [0, 0.1) is 13.8 Å². The third-order valence-corrected chi connectivity index (χ3v) is 5.60. The first-order valence-corrected chi connectivity index (χ1v) is 10.5. The number of aryl methyl sites for hydroxylation is 3. The first kappa shape index (κ1) is 21.3. The van der Waals surface area contributed by atoms with Crippen LogP contribution in [0.5, 0.6) is 5.75 Å². The van der Waals surface area contributed by atoms with E-state index in [2.05, 4.69) is 15.2 Å². The van der Waals surface area contributed by atoms with Crippen LogP contribution in [-0.4, -0.2) is 45.3 Å². The van der Waals surface area contributed by atoms with E-state index in [9.17, 15) is 9.18 Å². The fourth-order valence-electron chi connectivity index (χ4n) is 3.73. The van der Waals surface area contributed by atoms with Crippen LogP contribution >= 0.6 is 11.6 Å². The highest BCUT2D eigenvalue weighted by Crippen LogP contribution is 2.31. The van der Waals surface area contributed by atoms with Crippen molar-refractivity contribution >= 4 is 17.3 Å². The van der Waals surface area contributed by atoms with Gasteiger partial charge in [-0.15, -0.1) is 0 Å². The van der Waals surface area contributed by atoms with Gasteiger partial charge >= 0.3 is 0 Å². The van der Waals surface area contributed by atoms with Crippen LogP contribution in [0.25, 0.3) is 11.3 Å². The maximum absolute atomic E-state index is 14.8. The molecule has 0 aromatic carbocycles. The van der Waals surface area contributed by atoms with Gasteiger partial charge in [-0.3, -0.25) is 9.78 Å². The van der Waals surface area contributed by atoms with Crippen molar-refractivity contribution in [2.45, 2.75) is 46.0 Å². The Balaban J connectivity index is 1.53. The smallest absolute Gasteiger partial charge is 0.287 e. The van der Waals surface area contributed by atoms with Crippen molar-refractivity contribution < 1.29 is 13.7 Å². The number of halogens is 2. The number of hydrogen-bond donors (Lipinski definition) is 0. The van der Waals surface area contributed by atoms with E-state index in [4.69, 9.17) is 20.9 Å². The standard InChI is InChI=1S/C21H23ClFN5O3/c1-4-7-28-21(29)20(22)17(9-25-28)27-10-15(23)18(11-27)30-14-5-6-24-16(8-14)19-12(2)26-31-13(19)3/h5-6,8-9,15,18H,4,7,10-11H2,1-3H3/t15-,18-/m0/s1. The first-order chi connectivity index (χ1) is 14.9. The van der Waals surface area contributed by atoms with Crippen molar-refractivity contribution in [3.8, 4) is 17.0 Å². The molecule has 31 heavy (non-hydrogen) atoms. The molecule has 4 heterocycles. The van der Waals surface area contributed by atoms with E-state index in [0.717, 1.165) is 17.7 Å². The molecule has 0 N–H and O–H groups in total. The zero-order chi connectivity index (χ0) is 22.1. The molecule has 0 radical (unpaired) electrons. The quantitative estimate of drug-likeness (QED) is 0.570. The molecule has 2 atom stereocenters. The topological polar surface area (TPSA) is 86.3 Å². The van der Waals surface area contributed by atoms with Gasteiger partial charge in [-0.05, 0) is 26.3 Å². The molecular weight excluding hydrogens is 425 g/mol. The minimum absolute atomic E-state index is 0.0425. The molecule has 3 aromatic heterocycles. The van der Waals surface area contributed by atoms with Gasteiger partial charge in [-0.2, -0.15) is 5.10 Å². The number of ether oxygens (including phenoxy) is 1. The second-order valence-corrected chi connectivity index (χ2v) is 7.90. The molecule has 0 spiro atoms. The third kappa shape index (κ3) is 4.14. The Hall–Kier alpha value is -2.94. The van der Waals surface area contributed by atoms with Gasteiger partial charge in [-0.1, -0.05) is 23.7 Å². The molecule has 10 heteroatoms. The molecule has 164 valence electrons. The Morgan fingerprint density at radius 2 is 2.16 bits per heavy atom. The molecule has 0 amide bonds. The lowest BCUT2D eigenvalue weighted by Crippen LogP contribution is -2.30. The predicted molar refractivity (Wildman–Crippen MR) is 115 cm³/mol. The maximum atomic E-state index is 14.8. The van der Waals surface area contributed by atoms with Gasteiger partial charge in [0.2, 0.25) is 0 Å². The van der Waals surface area contributed by atoms with Crippen LogP contribution in [0.4, 0.5) is 10.1 Å². The van der Waals surface area contributed by atoms with Crippen LogP contribution in [0.15, 0.2) is 33.8 Å². The van der Waals surface area contributed by atoms with E-state index < -0.39 is 12.3 Å². The average molecular weight is 448 g/mol. The zero-order valence-electron chi connectivity index (χ0n) is 17.5. The maximum Gasteiger partial charge on any atom is 0.287 e. The molecule has 1 saturated heterocycles. The summed E-state index contributed by atoms with van der Waals surface area (Å²) in [5.41, 5.74) is 2.20. The van der Waals surface area contributed by atoms with E-state index in [1.807, 2.05) is 20.8 Å². The summed E-state index contributed by atoms with van der Waals surface area (Å²) in [5.74, 6) is 1.14. The molecule has 1 aliphatic rings. The molecule has 4 rings (SSSR count). The number of nitrogens with zero attached hydrogens (tertiary/aromatic N) is 5. The van der Waals surface area contributed by atoms with Crippen molar-refractivity contribution in [1.82, 2.24) is 19.9 Å². The van der Waals surface area contributed by atoms with E-state index in [-0.39, 0.29) is 23.7 Å². The largest absolute Gasteiger partial charge is 0.485 e. The summed E-state index contributed by atoms with van der Waals surface area (Å²) < 4.78 is 27.2. The highest BCUT2D eigenvalue weighted by molar-refractivity contribution is 6.33. The third-order valence-electron chi connectivity index (χ3n) is 5.25. The molecule has 0 aliphatic carbocycles. The van der Waals surface area contributed by atoms with E-state index >= 15 is 0 Å². The van der Waals surface area contributed by atoms with Gasteiger partial charge in [0.15, 0.2) is 6.17 Å². The molecule has 1 aliphatic heterocycles. The van der Waals surface area contributed by atoms with Crippen molar-refractivity contribution in [2.24, 2.45) is 0 Å². The summed E-state index contributed by atoms with van der Waals surface area (Å²) in [6.45, 7) is 6.37. The second kappa shape index (κ2) is 8.66. The Morgan fingerprint density at radius 1 is 1.35 bits per heavy atom. The van der Waals surface area contributed by atoms with Crippen LogP contribution in [0.3, 0.4) is 0 Å². The van der Waals surface area contributed by atoms with Gasteiger partial charge < -0.3 is 14.2 Å². The summed E-state index contributed by atoms with van der Waals surface area (Å²) in [6.07, 6.45) is 1.89. The summed E-state index contributed by atoms with van der Waals surface area (Å²) in [7, 11) is 0. The van der Waals surface area contributed by atoms with Crippen LogP contribution in [0.1, 0.15) is 24.8 Å². The Kier molecular flexibility index (Phi) is 5.95. The molecule has 8 nitrogen and oxygen atoms in total. The molecule has 1 fully saturated rings. The molecule has 0 unspecified atom stereocenters. The molecule has 0 bridgehead atoms. The fraction of sp³-hybridized carbons (Fsp3) is 0.429. The monoisotopic (exact) mass is 447 g/mol. The Labute approximate surface area is 183 Å². The number of rotatable bonds is 6. The second-order valence-electron chi connectivity index (χ2n) is 7.53. The summed E-state index contributed by atoms with van der Waals surface area (Å²) >= 11 is 6.28. The van der Waals surface area contributed by atoms with E-state index in [1.165, 1.54) is 10.9 Å². The lowest BCUT2D eigenvalue weighted by molar-refractivity contribution is 0.140. The van der Waals surface area contributed by atoms with Gasteiger partial charge in [-0.25, -0.2) is 9.07 Å². The lowest BCUT2D eigenvalue weighted by atomic mass is 10.1. The van der Waals surface area contributed by atoms with Crippen molar-refractivity contribution in [1.29, 1.82) is 0 Å². The average Bonchev–Trinajstić information content (AvgIpc) is 3.27. The van der Waals surface area contributed by atoms with Gasteiger partial charge in [0, 0.05) is 18.8 Å². The highest BCUT2D eigenvalue weighted by atomic mass is 35.5. The molecule has 0 saturated carbocycles. The van der Waals surface area contributed by atoms with Crippen molar-refractivity contribution in [3.63, 3.8) is 0 Å². The number of aromatic nitrogens is 4. The number of pyridine rings is 1. The van der Waals surface area contributed by atoms with E-state index in [0.29, 0.717) is 29.4 Å². The lowest BCUT2D eigenvalue weighted by Gasteiger charge is -2.19. The summed E-state index contributed by atoms with van der Waals surface area (Å²) in [6, 6.07) is 3.42. The number of anilines is 1. The highest BCUT2D eigenvalue weighted by Gasteiger charge is 2.36. The normalized spacial score (nSPS) is 18.5. The van der Waals surface area contributed by atoms with Crippen molar-refractivity contribution in [3.05, 3.63) is 51.4 Å². The Morgan fingerprint density at radius 3 is 2.87 bits per heavy atom. The predicted octanol–water partition coefficient (Wildman–Crippen LogP) is 3.58. The number of alkyl halides is 1. The van der Waals surface area contributed by atoms with Crippen molar-refractivity contribution in [2.75, 3.05) is 18.0 Å². The van der Waals surface area contributed by atoms with Gasteiger partial charge in [0.05, 0.1) is 41.9 Å². The zero-order valence-corrected chi connectivity index (χ0v) is 18.3. The Bertz CT molecular complexity index is 1130. The van der Waals surface area contributed by atoms with Crippen LogP contribution in [0.2, 0.25) is 5.02 Å². The minimum atomic E-state index is -1.26. The van der Waals surface area contributed by atoms with Gasteiger partial charge in [0.25, 0.3) is 5.56 Å². The number of hydrogen-bond acceptors (Lipinski definition) is 7. The molecule has 3 aromatic rings. The fourth-order valence-corrected chi connectivity index (χ4v) is 4.00. The summed E-state index contributed by atoms with van der Waals surface area (Å²) in [4.78, 5) is 18.4. The van der Waals surface area contributed by atoms with Crippen LogP contribution in [-0.2, 0) is 6.54 Å². The first-order valence-electron chi connectivity index (χ1n) is 10.1.